The molecule has 0 radical (unpaired) electrons. The second kappa shape index (κ2) is 8.05. The van der Waals surface area contributed by atoms with Crippen LogP contribution in [-0.2, 0) is 14.8 Å². The number of ether oxygens (including phenoxy) is 1. The van der Waals surface area contributed by atoms with Crippen molar-refractivity contribution >= 4 is 27.3 Å². The summed E-state index contributed by atoms with van der Waals surface area (Å²) in [4.78, 5) is 15.4. The van der Waals surface area contributed by atoms with Gasteiger partial charge in [0.15, 0.2) is 9.90 Å². The van der Waals surface area contributed by atoms with E-state index >= 15 is 0 Å². The van der Waals surface area contributed by atoms with E-state index < -0.39 is 22.0 Å². The van der Waals surface area contributed by atoms with Gasteiger partial charge in [0.2, 0.25) is 0 Å². The van der Waals surface area contributed by atoms with E-state index in [2.05, 4.69) is 28.3 Å². The van der Waals surface area contributed by atoms with E-state index in [0.29, 0.717) is 5.92 Å². The number of hydrogen-bond acceptors (Lipinski definition) is 7. The summed E-state index contributed by atoms with van der Waals surface area (Å²) in [5.74, 6) is -0.387. The number of carbonyl (C=O) groups excluding carboxylic acids is 1. The van der Waals surface area contributed by atoms with Gasteiger partial charge in [-0.15, -0.1) is 11.3 Å². The van der Waals surface area contributed by atoms with Gasteiger partial charge in [0.05, 0.1) is 12.6 Å². The molecule has 9 heteroatoms. The molecule has 0 bridgehead atoms. The molecule has 1 aromatic carbocycles. The summed E-state index contributed by atoms with van der Waals surface area (Å²) in [6.45, 7) is 4.19. The molecule has 1 aromatic heterocycles. The smallest absolute Gasteiger partial charge is 0.358 e. The van der Waals surface area contributed by atoms with Crippen LogP contribution in [-0.4, -0.2) is 33.0 Å². The number of sulfonamides is 1. The highest BCUT2D eigenvalue weighted by molar-refractivity contribution is 7.91. The van der Waals surface area contributed by atoms with Crippen molar-refractivity contribution in [3.63, 3.8) is 0 Å². The standard InChI is InChI=1S/C16H21N3O4S2/c1-10(2)11-4-6-12(7-5-11)13(17)8-19-25(21,22)16-14(15(20)23-3)18-9-24-16/h4-7,9-10,13,19H,8,17H2,1-3H3. The van der Waals surface area contributed by atoms with Crippen molar-refractivity contribution in [3.8, 4) is 0 Å². The number of esters is 1. The SMILES string of the molecule is COC(=O)c1ncsc1S(=O)(=O)NCC(N)c1ccc(C(C)C)cc1. The zero-order valence-corrected chi connectivity index (χ0v) is 15.9. The third-order valence-corrected chi connectivity index (χ3v) is 6.48. The molecule has 0 aliphatic heterocycles. The maximum Gasteiger partial charge on any atom is 0.358 e. The van der Waals surface area contributed by atoms with Crippen molar-refractivity contribution in [2.75, 3.05) is 13.7 Å². The molecule has 0 spiro atoms. The average molecular weight is 383 g/mol. The fourth-order valence-corrected chi connectivity index (χ4v) is 4.40. The molecule has 0 saturated heterocycles. The lowest BCUT2D eigenvalue weighted by Crippen LogP contribution is -2.32. The van der Waals surface area contributed by atoms with E-state index in [1.54, 1.807) is 0 Å². The Bertz CT molecular complexity index is 829. The summed E-state index contributed by atoms with van der Waals surface area (Å²) >= 11 is 0.850. The third-order valence-electron chi connectivity index (χ3n) is 3.68. The van der Waals surface area contributed by atoms with Gasteiger partial charge in [-0.05, 0) is 17.0 Å². The van der Waals surface area contributed by atoms with Crippen LogP contribution in [0, 0.1) is 0 Å². The molecule has 0 amide bonds. The number of nitrogens with one attached hydrogen (secondary N) is 1. The van der Waals surface area contributed by atoms with Crippen LogP contribution in [0.4, 0.5) is 0 Å². The van der Waals surface area contributed by atoms with Crippen LogP contribution in [0.1, 0.15) is 47.4 Å². The number of thiazole rings is 1. The first-order chi connectivity index (χ1) is 11.8. The maximum atomic E-state index is 12.4. The van der Waals surface area contributed by atoms with Crippen LogP contribution >= 0.6 is 11.3 Å². The summed E-state index contributed by atoms with van der Waals surface area (Å²) in [5, 5.41) is 0. The predicted octanol–water partition coefficient (Wildman–Crippen LogP) is 2.03. The van der Waals surface area contributed by atoms with Gasteiger partial charge in [0.1, 0.15) is 0 Å². The quantitative estimate of drug-likeness (QED) is 0.708. The number of rotatable bonds is 7. The Morgan fingerprint density at radius 2 is 1.88 bits per heavy atom. The van der Waals surface area contributed by atoms with Gasteiger partial charge in [0.25, 0.3) is 10.0 Å². The van der Waals surface area contributed by atoms with E-state index in [1.807, 2.05) is 24.3 Å². The number of aromatic nitrogens is 1. The minimum absolute atomic E-state index is 0.00186. The fraction of sp³-hybridized carbons (Fsp3) is 0.375. The minimum atomic E-state index is -3.90. The zero-order chi connectivity index (χ0) is 18.6. The number of methoxy groups -OCH3 is 1. The van der Waals surface area contributed by atoms with Crippen molar-refractivity contribution < 1.29 is 17.9 Å². The average Bonchev–Trinajstić information content (AvgIpc) is 3.10. The van der Waals surface area contributed by atoms with E-state index in [1.165, 1.54) is 18.2 Å². The summed E-state index contributed by atoms with van der Waals surface area (Å²) in [6, 6.07) is 7.23. The van der Waals surface area contributed by atoms with Crippen molar-refractivity contribution in [2.24, 2.45) is 5.73 Å². The van der Waals surface area contributed by atoms with Gasteiger partial charge in [-0.1, -0.05) is 38.1 Å². The highest BCUT2D eigenvalue weighted by Gasteiger charge is 2.26. The number of carbonyl (C=O) groups is 1. The Morgan fingerprint density at radius 3 is 2.44 bits per heavy atom. The Kier molecular flexibility index (Phi) is 6.28. The Hall–Kier alpha value is -1.81. The van der Waals surface area contributed by atoms with Crippen LogP contribution in [0.5, 0.6) is 0 Å². The van der Waals surface area contributed by atoms with Crippen molar-refractivity contribution in [1.82, 2.24) is 9.71 Å². The van der Waals surface area contributed by atoms with Crippen LogP contribution in [0.15, 0.2) is 34.0 Å². The first-order valence-corrected chi connectivity index (χ1v) is 9.99. The van der Waals surface area contributed by atoms with Crippen LogP contribution < -0.4 is 10.5 Å². The van der Waals surface area contributed by atoms with Crippen molar-refractivity contribution in [1.29, 1.82) is 0 Å². The second-order valence-electron chi connectivity index (χ2n) is 5.76. The number of nitrogens with zero attached hydrogens (tertiary/aromatic N) is 1. The van der Waals surface area contributed by atoms with Gasteiger partial charge >= 0.3 is 5.97 Å². The van der Waals surface area contributed by atoms with Crippen LogP contribution in [0.25, 0.3) is 0 Å². The largest absolute Gasteiger partial charge is 0.464 e. The molecule has 0 fully saturated rings. The molecule has 1 atom stereocenters. The topological polar surface area (TPSA) is 111 Å². The van der Waals surface area contributed by atoms with Gasteiger partial charge in [-0.25, -0.2) is 22.9 Å². The molecular formula is C16H21N3O4S2. The highest BCUT2D eigenvalue weighted by Crippen LogP contribution is 2.21. The first-order valence-electron chi connectivity index (χ1n) is 7.63. The minimum Gasteiger partial charge on any atom is -0.464 e. The number of hydrogen-bond donors (Lipinski definition) is 2. The first kappa shape index (κ1) is 19.5. The fourth-order valence-electron chi connectivity index (χ4n) is 2.17. The molecule has 0 saturated carbocycles. The lowest BCUT2D eigenvalue weighted by Gasteiger charge is -2.14. The maximum absolute atomic E-state index is 12.4. The molecule has 2 rings (SSSR count). The zero-order valence-electron chi connectivity index (χ0n) is 14.2. The lowest BCUT2D eigenvalue weighted by atomic mass is 9.99. The van der Waals surface area contributed by atoms with E-state index in [9.17, 15) is 13.2 Å². The van der Waals surface area contributed by atoms with Gasteiger partial charge in [0, 0.05) is 12.6 Å². The normalized spacial score (nSPS) is 13.0. The monoisotopic (exact) mass is 383 g/mol. The summed E-state index contributed by atoms with van der Waals surface area (Å²) in [7, 11) is -2.73. The summed E-state index contributed by atoms with van der Waals surface area (Å²) < 4.78 is 31.6. The van der Waals surface area contributed by atoms with E-state index in [-0.39, 0.29) is 16.4 Å². The summed E-state index contributed by atoms with van der Waals surface area (Å²) in [6.07, 6.45) is 0. The van der Waals surface area contributed by atoms with Crippen molar-refractivity contribution in [3.05, 3.63) is 46.6 Å². The Balaban J connectivity index is 2.09. The third kappa shape index (κ3) is 4.63. The Morgan fingerprint density at radius 1 is 1.28 bits per heavy atom. The van der Waals surface area contributed by atoms with Crippen molar-refractivity contribution in [2.45, 2.75) is 30.0 Å². The molecule has 1 heterocycles. The molecule has 25 heavy (non-hydrogen) atoms. The lowest BCUT2D eigenvalue weighted by molar-refractivity contribution is 0.0590. The van der Waals surface area contributed by atoms with Gasteiger partial charge in [-0.3, -0.25) is 0 Å². The van der Waals surface area contributed by atoms with E-state index in [4.69, 9.17) is 5.73 Å². The second-order valence-corrected chi connectivity index (χ2v) is 8.58. The molecule has 0 aliphatic rings. The van der Waals surface area contributed by atoms with Gasteiger partial charge < -0.3 is 10.5 Å². The van der Waals surface area contributed by atoms with Crippen LogP contribution in [0.2, 0.25) is 0 Å². The molecule has 3 N–H and O–H groups in total. The molecule has 136 valence electrons. The number of benzene rings is 1. The molecule has 1 unspecified atom stereocenters. The molecular weight excluding hydrogens is 362 g/mol. The van der Waals surface area contributed by atoms with Gasteiger partial charge in [-0.2, -0.15) is 0 Å². The molecule has 7 nitrogen and oxygen atoms in total. The highest BCUT2D eigenvalue weighted by atomic mass is 32.2. The van der Waals surface area contributed by atoms with E-state index in [0.717, 1.165) is 16.9 Å². The molecule has 2 aromatic rings. The Labute approximate surface area is 151 Å². The summed E-state index contributed by atoms with van der Waals surface area (Å²) in [5.41, 5.74) is 9.14. The predicted molar refractivity (Wildman–Crippen MR) is 96.1 cm³/mol. The number of nitrogens with two attached hydrogens (primary N) is 1. The van der Waals surface area contributed by atoms with Crippen LogP contribution in [0.3, 0.4) is 0 Å². The molecule has 0 aliphatic carbocycles.